The van der Waals surface area contributed by atoms with Crippen LogP contribution in [0, 0.1) is 11.8 Å². The maximum absolute atomic E-state index is 5.60. The summed E-state index contributed by atoms with van der Waals surface area (Å²) in [5, 5.41) is 6.86. The fraction of sp³-hybridized carbons (Fsp3) is 0.944. The molecular formula is C18H38N4O. The second kappa shape index (κ2) is 11.7. The zero-order chi connectivity index (χ0) is 17.1. The van der Waals surface area contributed by atoms with Crippen molar-refractivity contribution in [2.75, 3.05) is 46.4 Å². The number of hydrogen-bond donors (Lipinski definition) is 2. The predicted molar refractivity (Wildman–Crippen MR) is 99.1 cm³/mol. The number of ether oxygens (including phenoxy) is 1. The third kappa shape index (κ3) is 9.16. The first-order valence-corrected chi connectivity index (χ1v) is 9.29. The Morgan fingerprint density at radius 2 is 2.00 bits per heavy atom. The smallest absolute Gasteiger partial charge is 0.191 e. The molecule has 1 aliphatic rings. The molecule has 1 atom stereocenters. The minimum atomic E-state index is 0.609. The summed E-state index contributed by atoms with van der Waals surface area (Å²) in [4.78, 5) is 6.93. The second-order valence-corrected chi connectivity index (χ2v) is 7.39. The quantitative estimate of drug-likeness (QED) is 0.367. The van der Waals surface area contributed by atoms with Crippen LogP contribution in [-0.4, -0.2) is 63.3 Å². The van der Waals surface area contributed by atoms with E-state index in [1.807, 2.05) is 7.05 Å². The Balaban J connectivity index is 2.16. The molecule has 0 radical (unpaired) electrons. The molecule has 0 bridgehead atoms. The molecule has 1 heterocycles. The summed E-state index contributed by atoms with van der Waals surface area (Å²) in [7, 11) is 1.84. The van der Waals surface area contributed by atoms with Crippen molar-refractivity contribution < 1.29 is 4.74 Å². The number of guanidine groups is 1. The van der Waals surface area contributed by atoms with E-state index >= 15 is 0 Å². The van der Waals surface area contributed by atoms with Crippen molar-refractivity contribution in [2.45, 2.75) is 53.0 Å². The van der Waals surface area contributed by atoms with Gasteiger partial charge in [-0.3, -0.25) is 9.89 Å². The first kappa shape index (κ1) is 20.2. The Morgan fingerprint density at radius 3 is 2.65 bits per heavy atom. The first-order valence-electron chi connectivity index (χ1n) is 9.29. The summed E-state index contributed by atoms with van der Waals surface area (Å²) in [6.07, 6.45) is 3.62. The van der Waals surface area contributed by atoms with Crippen LogP contribution >= 0.6 is 0 Å². The van der Waals surface area contributed by atoms with Crippen molar-refractivity contribution in [1.29, 1.82) is 0 Å². The minimum absolute atomic E-state index is 0.609. The fourth-order valence-corrected chi connectivity index (χ4v) is 2.97. The molecule has 5 heteroatoms. The van der Waals surface area contributed by atoms with Crippen molar-refractivity contribution in [3.05, 3.63) is 0 Å². The van der Waals surface area contributed by atoms with Gasteiger partial charge in [-0.05, 0) is 37.6 Å². The molecule has 1 saturated heterocycles. The van der Waals surface area contributed by atoms with Crippen LogP contribution in [0.5, 0.6) is 0 Å². The molecule has 136 valence electrons. The van der Waals surface area contributed by atoms with E-state index in [4.69, 9.17) is 4.74 Å². The average Bonchev–Trinajstić information content (AvgIpc) is 2.92. The van der Waals surface area contributed by atoms with E-state index in [2.05, 4.69) is 48.2 Å². The van der Waals surface area contributed by atoms with Crippen LogP contribution in [-0.2, 0) is 4.74 Å². The van der Waals surface area contributed by atoms with Gasteiger partial charge >= 0.3 is 0 Å². The lowest BCUT2D eigenvalue weighted by Crippen LogP contribution is -2.45. The van der Waals surface area contributed by atoms with Gasteiger partial charge in [0.1, 0.15) is 0 Å². The highest BCUT2D eigenvalue weighted by Gasteiger charge is 2.24. The standard InChI is InChI=1S/C18H38N4O/c1-15(2)13-22-10-6-8-17(22)12-21-18(19-5)20-9-7-11-23-14-16(3)4/h15-17H,6-14H2,1-5H3,(H2,19,20,21)/t17-/m1/s1. The number of aliphatic imine (C=N–C) groups is 1. The van der Waals surface area contributed by atoms with E-state index in [9.17, 15) is 0 Å². The summed E-state index contributed by atoms with van der Waals surface area (Å²) in [6, 6.07) is 0.644. The molecule has 0 unspecified atom stereocenters. The number of hydrogen-bond acceptors (Lipinski definition) is 3. The molecule has 2 N–H and O–H groups in total. The van der Waals surface area contributed by atoms with Crippen LogP contribution in [0.2, 0.25) is 0 Å². The summed E-state index contributed by atoms with van der Waals surface area (Å²) in [5.74, 6) is 2.25. The molecule has 0 saturated carbocycles. The van der Waals surface area contributed by atoms with Crippen LogP contribution in [0.4, 0.5) is 0 Å². The van der Waals surface area contributed by atoms with Crippen LogP contribution in [0.25, 0.3) is 0 Å². The second-order valence-electron chi connectivity index (χ2n) is 7.39. The third-order valence-electron chi connectivity index (χ3n) is 4.04. The lowest BCUT2D eigenvalue weighted by molar-refractivity contribution is 0.108. The predicted octanol–water partition coefficient (Wildman–Crippen LogP) is 2.33. The van der Waals surface area contributed by atoms with Crippen molar-refractivity contribution in [2.24, 2.45) is 16.8 Å². The monoisotopic (exact) mass is 326 g/mol. The third-order valence-corrected chi connectivity index (χ3v) is 4.04. The van der Waals surface area contributed by atoms with Gasteiger partial charge in [0.05, 0.1) is 0 Å². The maximum Gasteiger partial charge on any atom is 0.191 e. The van der Waals surface area contributed by atoms with Crippen LogP contribution in [0.1, 0.15) is 47.0 Å². The molecule has 0 spiro atoms. The molecule has 0 aromatic rings. The van der Waals surface area contributed by atoms with Gasteiger partial charge in [-0.1, -0.05) is 27.7 Å². The van der Waals surface area contributed by atoms with Gasteiger partial charge in [0, 0.05) is 45.9 Å². The highest BCUT2D eigenvalue weighted by atomic mass is 16.5. The molecule has 1 aliphatic heterocycles. The van der Waals surface area contributed by atoms with Gasteiger partial charge < -0.3 is 15.4 Å². The Labute approximate surface area is 143 Å². The number of rotatable bonds is 10. The molecule has 1 rings (SSSR count). The minimum Gasteiger partial charge on any atom is -0.381 e. The Bertz CT molecular complexity index is 331. The first-order chi connectivity index (χ1) is 11.0. The van der Waals surface area contributed by atoms with Crippen LogP contribution < -0.4 is 10.6 Å². The molecule has 0 aliphatic carbocycles. The highest BCUT2D eigenvalue weighted by molar-refractivity contribution is 5.79. The Hall–Kier alpha value is -0.810. The average molecular weight is 327 g/mol. The van der Waals surface area contributed by atoms with Gasteiger partial charge in [0.15, 0.2) is 5.96 Å². The van der Waals surface area contributed by atoms with Gasteiger partial charge in [0.2, 0.25) is 0 Å². The van der Waals surface area contributed by atoms with Crippen molar-refractivity contribution >= 4 is 5.96 Å². The molecule has 23 heavy (non-hydrogen) atoms. The van der Waals surface area contributed by atoms with E-state index in [0.29, 0.717) is 12.0 Å². The van der Waals surface area contributed by atoms with Gasteiger partial charge in [-0.25, -0.2) is 0 Å². The van der Waals surface area contributed by atoms with Crippen molar-refractivity contribution in [3.63, 3.8) is 0 Å². The number of likely N-dealkylation sites (tertiary alicyclic amines) is 1. The lowest BCUT2D eigenvalue weighted by Gasteiger charge is -2.27. The zero-order valence-corrected chi connectivity index (χ0v) is 15.9. The SMILES string of the molecule is CN=C(NCCCOCC(C)C)NC[C@H]1CCCN1CC(C)C. The Kier molecular flexibility index (Phi) is 10.3. The van der Waals surface area contributed by atoms with E-state index in [1.165, 1.54) is 25.9 Å². The summed E-state index contributed by atoms with van der Waals surface area (Å²) in [6.45, 7) is 14.9. The highest BCUT2D eigenvalue weighted by Crippen LogP contribution is 2.17. The molecular weight excluding hydrogens is 288 g/mol. The van der Waals surface area contributed by atoms with Crippen molar-refractivity contribution in [3.8, 4) is 0 Å². The molecule has 0 aromatic carbocycles. The maximum atomic E-state index is 5.60. The molecule has 5 nitrogen and oxygen atoms in total. The number of nitrogens with zero attached hydrogens (tertiary/aromatic N) is 2. The largest absolute Gasteiger partial charge is 0.381 e. The van der Waals surface area contributed by atoms with Gasteiger partial charge in [-0.15, -0.1) is 0 Å². The number of nitrogens with one attached hydrogen (secondary N) is 2. The van der Waals surface area contributed by atoms with E-state index < -0.39 is 0 Å². The van der Waals surface area contributed by atoms with Crippen molar-refractivity contribution in [1.82, 2.24) is 15.5 Å². The molecule has 0 aromatic heterocycles. The van der Waals surface area contributed by atoms with Crippen LogP contribution in [0.15, 0.2) is 4.99 Å². The summed E-state index contributed by atoms with van der Waals surface area (Å²) >= 11 is 0. The van der Waals surface area contributed by atoms with Crippen LogP contribution in [0.3, 0.4) is 0 Å². The Morgan fingerprint density at radius 1 is 1.22 bits per heavy atom. The van der Waals surface area contributed by atoms with E-state index in [0.717, 1.165) is 44.6 Å². The molecule has 0 amide bonds. The zero-order valence-electron chi connectivity index (χ0n) is 15.9. The normalized spacial score (nSPS) is 19.8. The van der Waals surface area contributed by atoms with E-state index in [1.54, 1.807) is 0 Å². The molecule has 1 fully saturated rings. The van der Waals surface area contributed by atoms with Gasteiger partial charge in [0.25, 0.3) is 0 Å². The van der Waals surface area contributed by atoms with Gasteiger partial charge in [-0.2, -0.15) is 0 Å². The lowest BCUT2D eigenvalue weighted by atomic mass is 10.1. The fourth-order valence-electron chi connectivity index (χ4n) is 2.97. The summed E-state index contributed by atoms with van der Waals surface area (Å²) in [5.41, 5.74) is 0. The topological polar surface area (TPSA) is 48.9 Å². The van der Waals surface area contributed by atoms with E-state index in [-0.39, 0.29) is 0 Å². The summed E-state index contributed by atoms with van der Waals surface area (Å²) < 4.78 is 5.60.